The maximum absolute atomic E-state index is 13.6. The predicted octanol–water partition coefficient (Wildman–Crippen LogP) is 2.11. The molecule has 25 heavy (non-hydrogen) atoms. The molecule has 5 nitrogen and oxygen atoms in total. The summed E-state index contributed by atoms with van der Waals surface area (Å²) in [5.74, 6) is 5.35. The number of nitrogens with zero attached hydrogens (tertiary/aromatic N) is 3. The van der Waals surface area contributed by atoms with Crippen molar-refractivity contribution < 1.29 is 14.3 Å². The lowest BCUT2D eigenvalue weighted by Gasteiger charge is -2.15. The van der Waals surface area contributed by atoms with Gasteiger partial charge in [-0.05, 0) is 55.4 Å². The van der Waals surface area contributed by atoms with E-state index in [1.807, 2.05) is 0 Å². The van der Waals surface area contributed by atoms with E-state index in [0.717, 1.165) is 12.8 Å². The third-order valence-corrected chi connectivity index (χ3v) is 4.83. The molecular formula is C19H18FN3O2. The van der Waals surface area contributed by atoms with Crippen LogP contribution >= 0.6 is 0 Å². The molecule has 1 fully saturated rings. The zero-order valence-corrected chi connectivity index (χ0v) is 14.1. The summed E-state index contributed by atoms with van der Waals surface area (Å²) >= 11 is 0. The molecular weight excluding hydrogens is 321 g/mol. The number of benzene rings is 1. The van der Waals surface area contributed by atoms with Gasteiger partial charge in [-0.25, -0.2) is 9.37 Å². The third kappa shape index (κ3) is 2.71. The molecule has 6 heteroatoms. The van der Waals surface area contributed by atoms with Gasteiger partial charge in [0, 0.05) is 13.6 Å². The highest BCUT2D eigenvalue weighted by molar-refractivity contribution is 5.96. The second kappa shape index (κ2) is 5.43. The first-order valence-electron chi connectivity index (χ1n) is 8.24. The van der Waals surface area contributed by atoms with Crippen LogP contribution in [0.25, 0.3) is 5.69 Å². The van der Waals surface area contributed by atoms with Gasteiger partial charge in [0.1, 0.15) is 29.1 Å². The summed E-state index contributed by atoms with van der Waals surface area (Å²) in [5.41, 5.74) is 1.01. The Morgan fingerprint density at radius 2 is 2.16 bits per heavy atom. The highest BCUT2D eigenvalue weighted by Gasteiger charge is 2.38. The van der Waals surface area contributed by atoms with Crippen molar-refractivity contribution in [1.29, 1.82) is 0 Å². The van der Waals surface area contributed by atoms with Crippen molar-refractivity contribution in [2.75, 3.05) is 7.05 Å². The van der Waals surface area contributed by atoms with Gasteiger partial charge in [-0.1, -0.05) is 5.92 Å². The molecule has 0 saturated heterocycles. The van der Waals surface area contributed by atoms with Gasteiger partial charge < -0.3 is 10.0 Å². The number of carbonyl (C=O) groups is 1. The summed E-state index contributed by atoms with van der Waals surface area (Å²) < 4.78 is 15.2. The van der Waals surface area contributed by atoms with Gasteiger partial charge in [-0.2, -0.15) is 0 Å². The first kappa shape index (κ1) is 15.9. The summed E-state index contributed by atoms with van der Waals surface area (Å²) in [6.45, 7) is 2.00. The van der Waals surface area contributed by atoms with E-state index in [-0.39, 0.29) is 17.6 Å². The van der Waals surface area contributed by atoms with Crippen molar-refractivity contribution in [2.24, 2.45) is 5.92 Å². The van der Waals surface area contributed by atoms with Crippen LogP contribution in [-0.2, 0) is 6.54 Å². The van der Waals surface area contributed by atoms with Gasteiger partial charge in [0.15, 0.2) is 0 Å². The molecule has 0 bridgehead atoms. The van der Waals surface area contributed by atoms with Gasteiger partial charge >= 0.3 is 0 Å². The van der Waals surface area contributed by atoms with E-state index in [2.05, 4.69) is 16.8 Å². The van der Waals surface area contributed by atoms with Crippen molar-refractivity contribution in [3.8, 4) is 17.5 Å². The Morgan fingerprint density at radius 3 is 2.88 bits per heavy atom. The van der Waals surface area contributed by atoms with Crippen molar-refractivity contribution in [1.82, 2.24) is 14.5 Å². The molecule has 2 aromatic rings. The first-order valence-corrected chi connectivity index (χ1v) is 8.24. The maximum Gasteiger partial charge on any atom is 0.273 e. The van der Waals surface area contributed by atoms with Crippen molar-refractivity contribution in [2.45, 2.75) is 31.9 Å². The number of rotatable bonds is 1. The summed E-state index contributed by atoms with van der Waals surface area (Å²) in [7, 11) is 1.66. The Balaban J connectivity index is 1.83. The zero-order chi connectivity index (χ0) is 17.8. The van der Waals surface area contributed by atoms with E-state index >= 15 is 0 Å². The molecule has 1 atom stereocenters. The minimum Gasteiger partial charge on any atom is -0.378 e. The highest BCUT2D eigenvalue weighted by atomic mass is 19.1. The molecule has 1 unspecified atom stereocenters. The molecule has 1 saturated carbocycles. The molecule has 4 rings (SSSR count). The van der Waals surface area contributed by atoms with Crippen LogP contribution in [0.3, 0.4) is 0 Å². The van der Waals surface area contributed by atoms with E-state index < -0.39 is 5.60 Å². The van der Waals surface area contributed by atoms with Gasteiger partial charge in [-0.3, -0.25) is 9.36 Å². The average molecular weight is 339 g/mol. The van der Waals surface area contributed by atoms with Crippen LogP contribution in [0.2, 0.25) is 0 Å². The lowest BCUT2D eigenvalue weighted by molar-refractivity contribution is 0.0781. The summed E-state index contributed by atoms with van der Waals surface area (Å²) in [5, 5.41) is 10.4. The number of aromatic nitrogens is 2. The normalized spacial score (nSPS) is 18.6. The van der Waals surface area contributed by atoms with Crippen molar-refractivity contribution in [3.05, 3.63) is 47.3 Å². The van der Waals surface area contributed by atoms with E-state index in [4.69, 9.17) is 0 Å². The van der Waals surface area contributed by atoms with Crippen LogP contribution in [0, 0.1) is 23.6 Å². The van der Waals surface area contributed by atoms with Crippen LogP contribution in [-0.4, -0.2) is 38.1 Å². The van der Waals surface area contributed by atoms with Crippen molar-refractivity contribution >= 4 is 5.91 Å². The fourth-order valence-corrected chi connectivity index (χ4v) is 3.18. The van der Waals surface area contributed by atoms with Gasteiger partial charge in [0.2, 0.25) is 0 Å². The van der Waals surface area contributed by atoms with Crippen LogP contribution in [0.15, 0.2) is 24.5 Å². The number of carbonyl (C=O) groups excluding carboxylic acids is 1. The third-order valence-electron chi connectivity index (χ3n) is 4.83. The zero-order valence-electron chi connectivity index (χ0n) is 14.1. The average Bonchev–Trinajstić information content (AvgIpc) is 3.35. The van der Waals surface area contributed by atoms with Crippen LogP contribution in [0.5, 0.6) is 0 Å². The van der Waals surface area contributed by atoms with Gasteiger partial charge in [0.05, 0.1) is 5.69 Å². The maximum atomic E-state index is 13.6. The minimum absolute atomic E-state index is 0.184. The molecule has 1 aliphatic carbocycles. The largest absolute Gasteiger partial charge is 0.378 e. The lowest BCUT2D eigenvalue weighted by atomic mass is 10.0. The second-order valence-electron chi connectivity index (χ2n) is 6.92. The van der Waals surface area contributed by atoms with E-state index in [1.165, 1.54) is 23.4 Å². The number of fused-ring (bicyclic) bond motifs is 3. The molecule has 2 heterocycles. The smallest absolute Gasteiger partial charge is 0.273 e. The number of hydrogen-bond donors (Lipinski definition) is 1. The number of halogens is 1. The Hall–Kier alpha value is -2.65. The van der Waals surface area contributed by atoms with Gasteiger partial charge in [-0.15, -0.1) is 0 Å². The molecule has 128 valence electrons. The number of imidazole rings is 1. The molecule has 2 aliphatic rings. The Morgan fingerprint density at radius 1 is 1.40 bits per heavy atom. The van der Waals surface area contributed by atoms with E-state index in [0.29, 0.717) is 29.2 Å². The fraction of sp³-hybridized carbons (Fsp3) is 0.368. The molecule has 1 aliphatic heterocycles. The molecule has 0 radical (unpaired) electrons. The van der Waals surface area contributed by atoms with Crippen LogP contribution in [0.4, 0.5) is 4.39 Å². The molecule has 1 aromatic heterocycles. The number of aliphatic hydroxyl groups is 1. The highest BCUT2D eigenvalue weighted by Crippen LogP contribution is 2.39. The number of hydrogen-bond acceptors (Lipinski definition) is 3. The quantitative estimate of drug-likeness (QED) is 0.810. The van der Waals surface area contributed by atoms with E-state index in [1.54, 1.807) is 24.6 Å². The fourth-order valence-electron chi connectivity index (χ4n) is 3.18. The monoisotopic (exact) mass is 339 g/mol. The van der Waals surface area contributed by atoms with E-state index in [9.17, 15) is 14.3 Å². The molecule has 0 spiro atoms. The Labute approximate surface area is 145 Å². The second-order valence-corrected chi connectivity index (χ2v) is 6.92. The first-order chi connectivity index (χ1) is 11.9. The summed E-state index contributed by atoms with van der Waals surface area (Å²) in [4.78, 5) is 18.6. The number of amides is 1. The Kier molecular flexibility index (Phi) is 3.44. The molecule has 1 amide bonds. The lowest BCUT2D eigenvalue weighted by Crippen LogP contribution is -2.26. The Bertz CT molecular complexity index is 932. The van der Waals surface area contributed by atoms with Crippen LogP contribution < -0.4 is 0 Å². The predicted molar refractivity (Wildman–Crippen MR) is 89.5 cm³/mol. The van der Waals surface area contributed by atoms with Crippen LogP contribution in [0.1, 0.15) is 41.5 Å². The standard InChI is InChI=1S/C19H18FN3O2/c1-19(25,13-3-4-13)8-7-15-17-18(24)22(2)10-12-9-14(20)5-6-16(12)23(17)11-21-15/h5-6,9,11,13,25H,3-4,10H2,1-2H3. The van der Waals surface area contributed by atoms with Crippen molar-refractivity contribution in [3.63, 3.8) is 0 Å². The summed E-state index contributed by atoms with van der Waals surface area (Å²) in [6.07, 6.45) is 3.45. The topological polar surface area (TPSA) is 58.4 Å². The molecule has 1 N–H and O–H groups in total. The SMILES string of the molecule is CN1Cc2cc(F)ccc2-n2cnc(C#CC(C)(O)C3CC3)c2C1=O. The molecule has 1 aromatic carbocycles. The summed E-state index contributed by atoms with van der Waals surface area (Å²) in [6, 6.07) is 4.43. The minimum atomic E-state index is -1.07. The van der Waals surface area contributed by atoms with Gasteiger partial charge in [0.25, 0.3) is 5.91 Å².